The molecule has 0 aromatic heterocycles. The van der Waals surface area contributed by atoms with Gasteiger partial charge in [-0.05, 0) is 38.8 Å². The average Bonchev–Trinajstić information content (AvgIpc) is 2.26. The van der Waals surface area contributed by atoms with Crippen LogP contribution in [0.2, 0.25) is 0 Å². The van der Waals surface area contributed by atoms with E-state index in [2.05, 4.69) is 19.0 Å². The Kier molecular flexibility index (Phi) is 5.40. The highest BCUT2D eigenvalue weighted by Crippen LogP contribution is 2.18. The minimum absolute atomic E-state index is 0.128. The van der Waals surface area contributed by atoms with Gasteiger partial charge in [-0.2, -0.15) is 0 Å². The van der Waals surface area contributed by atoms with Crippen LogP contribution in [0.4, 0.5) is 0 Å². The monoisotopic (exact) mass is 241 g/mol. The molecule has 0 aromatic carbocycles. The summed E-state index contributed by atoms with van der Waals surface area (Å²) in [5.74, 6) is 0.947. The van der Waals surface area contributed by atoms with Gasteiger partial charge >= 0.3 is 0 Å². The Hall–Kier alpha value is -0.610. The van der Waals surface area contributed by atoms with Crippen LogP contribution in [0.15, 0.2) is 0 Å². The van der Waals surface area contributed by atoms with Crippen molar-refractivity contribution >= 4 is 5.91 Å². The van der Waals surface area contributed by atoms with E-state index in [0.29, 0.717) is 5.92 Å². The molecule has 2 N–H and O–H groups in total. The number of nitrogens with zero attached hydrogens (tertiary/aromatic N) is 2. The molecule has 0 spiro atoms. The van der Waals surface area contributed by atoms with Crippen molar-refractivity contribution in [3.8, 4) is 0 Å². The van der Waals surface area contributed by atoms with E-state index in [1.165, 1.54) is 6.42 Å². The predicted molar refractivity (Wildman–Crippen MR) is 70.7 cm³/mol. The Balaban J connectivity index is 2.51. The number of carbonyl (C=O) groups excluding carboxylic acids is 1. The summed E-state index contributed by atoms with van der Waals surface area (Å²) in [5.41, 5.74) is 5.94. The first-order valence-corrected chi connectivity index (χ1v) is 6.61. The van der Waals surface area contributed by atoms with Crippen LogP contribution >= 0.6 is 0 Å². The number of amides is 1. The molecule has 0 bridgehead atoms. The zero-order valence-corrected chi connectivity index (χ0v) is 11.6. The number of carbonyl (C=O) groups is 1. The van der Waals surface area contributed by atoms with Gasteiger partial charge in [-0.15, -0.1) is 0 Å². The van der Waals surface area contributed by atoms with E-state index in [9.17, 15) is 4.79 Å². The second-order valence-corrected chi connectivity index (χ2v) is 5.82. The van der Waals surface area contributed by atoms with Gasteiger partial charge < -0.3 is 15.5 Å². The van der Waals surface area contributed by atoms with Gasteiger partial charge in [0.05, 0.1) is 6.04 Å². The highest BCUT2D eigenvalue weighted by Gasteiger charge is 2.28. The minimum Gasteiger partial charge on any atom is -0.341 e. The normalized spacial score (nSPS) is 23.2. The fourth-order valence-electron chi connectivity index (χ4n) is 2.43. The number of piperidine rings is 1. The van der Waals surface area contributed by atoms with E-state index in [1.807, 2.05) is 18.7 Å². The summed E-state index contributed by atoms with van der Waals surface area (Å²) in [7, 11) is 4.17. The second-order valence-electron chi connectivity index (χ2n) is 5.82. The number of hydrogen-bond donors (Lipinski definition) is 1. The van der Waals surface area contributed by atoms with Crippen molar-refractivity contribution in [3.63, 3.8) is 0 Å². The lowest BCUT2D eigenvalue weighted by Crippen LogP contribution is -2.50. The quantitative estimate of drug-likeness (QED) is 0.791. The van der Waals surface area contributed by atoms with Crippen LogP contribution in [-0.2, 0) is 4.79 Å². The lowest BCUT2D eigenvalue weighted by atomic mass is 9.95. The molecule has 1 saturated heterocycles. The van der Waals surface area contributed by atoms with Crippen molar-refractivity contribution < 1.29 is 4.79 Å². The van der Waals surface area contributed by atoms with Crippen molar-refractivity contribution in [1.82, 2.24) is 9.80 Å². The summed E-state index contributed by atoms with van der Waals surface area (Å²) in [6.45, 7) is 6.81. The maximum atomic E-state index is 12.2. The second kappa shape index (κ2) is 6.36. The van der Waals surface area contributed by atoms with E-state index in [4.69, 9.17) is 5.73 Å². The van der Waals surface area contributed by atoms with Gasteiger partial charge in [-0.3, -0.25) is 4.79 Å². The van der Waals surface area contributed by atoms with Crippen LogP contribution in [0.3, 0.4) is 0 Å². The van der Waals surface area contributed by atoms with Gasteiger partial charge in [0.25, 0.3) is 0 Å². The van der Waals surface area contributed by atoms with Crippen molar-refractivity contribution in [2.45, 2.75) is 32.7 Å². The molecule has 0 aliphatic carbocycles. The number of nitrogens with two attached hydrogens (primary N) is 1. The molecule has 1 amide bonds. The van der Waals surface area contributed by atoms with Crippen molar-refractivity contribution in [1.29, 1.82) is 0 Å². The molecule has 17 heavy (non-hydrogen) atoms. The van der Waals surface area contributed by atoms with Crippen LogP contribution in [0, 0.1) is 11.8 Å². The Morgan fingerprint density at radius 3 is 2.65 bits per heavy atom. The van der Waals surface area contributed by atoms with E-state index < -0.39 is 0 Å². The van der Waals surface area contributed by atoms with Gasteiger partial charge in [-0.1, -0.05) is 13.8 Å². The molecule has 100 valence electrons. The van der Waals surface area contributed by atoms with Crippen molar-refractivity contribution in [2.24, 2.45) is 17.6 Å². The highest BCUT2D eigenvalue weighted by molar-refractivity contribution is 5.82. The molecule has 1 rings (SSSR count). The Morgan fingerprint density at radius 2 is 2.12 bits per heavy atom. The maximum absolute atomic E-state index is 12.2. The largest absolute Gasteiger partial charge is 0.341 e. The fraction of sp³-hybridized carbons (Fsp3) is 0.923. The molecular formula is C13H27N3O. The van der Waals surface area contributed by atoms with Gasteiger partial charge in [0, 0.05) is 19.6 Å². The summed E-state index contributed by atoms with van der Waals surface area (Å²) in [6.07, 6.45) is 2.33. The third-order valence-electron chi connectivity index (χ3n) is 3.46. The van der Waals surface area contributed by atoms with Gasteiger partial charge in [0.1, 0.15) is 0 Å². The van der Waals surface area contributed by atoms with E-state index in [0.717, 1.165) is 26.1 Å². The van der Waals surface area contributed by atoms with Crippen LogP contribution in [-0.4, -0.2) is 55.5 Å². The number of rotatable bonds is 4. The first kappa shape index (κ1) is 14.5. The summed E-state index contributed by atoms with van der Waals surface area (Å²) in [5, 5.41) is 0. The smallest absolute Gasteiger partial charge is 0.239 e. The van der Waals surface area contributed by atoms with Gasteiger partial charge in [0.15, 0.2) is 0 Å². The lowest BCUT2D eigenvalue weighted by Gasteiger charge is -2.36. The molecule has 1 fully saturated rings. The van der Waals surface area contributed by atoms with Crippen LogP contribution in [0.1, 0.15) is 26.7 Å². The first-order valence-electron chi connectivity index (χ1n) is 6.61. The lowest BCUT2D eigenvalue weighted by molar-refractivity contribution is -0.135. The Bertz CT molecular complexity index is 253. The minimum atomic E-state index is -0.340. The molecule has 2 atom stereocenters. The Labute approximate surface area is 105 Å². The van der Waals surface area contributed by atoms with Gasteiger partial charge in [0.2, 0.25) is 5.91 Å². The summed E-state index contributed by atoms with van der Waals surface area (Å²) in [6, 6.07) is -0.340. The zero-order valence-electron chi connectivity index (χ0n) is 11.6. The maximum Gasteiger partial charge on any atom is 0.239 e. The van der Waals surface area contributed by atoms with Crippen LogP contribution < -0.4 is 5.73 Å². The molecule has 0 radical (unpaired) electrons. The number of hydrogen-bond acceptors (Lipinski definition) is 3. The van der Waals surface area contributed by atoms with E-state index >= 15 is 0 Å². The van der Waals surface area contributed by atoms with Gasteiger partial charge in [-0.25, -0.2) is 0 Å². The third kappa shape index (κ3) is 4.28. The van der Waals surface area contributed by atoms with Crippen LogP contribution in [0.5, 0.6) is 0 Å². The SMILES string of the molecule is CC(C)[C@H](N)C(=O)N1CCC[C@@H](CN(C)C)C1. The topological polar surface area (TPSA) is 49.6 Å². The molecule has 0 unspecified atom stereocenters. The molecule has 1 heterocycles. The predicted octanol–water partition coefficient (Wildman–Crippen LogP) is 0.770. The highest BCUT2D eigenvalue weighted by atomic mass is 16.2. The zero-order chi connectivity index (χ0) is 13.0. The molecule has 1 aliphatic rings. The van der Waals surface area contributed by atoms with E-state index in [1.54, 1.807) is 0 Å². The first-order chi connectivity index (χ1) is 7.91. The Morgan fingerprint density at radius 1 is 1.47 bits per heavy atom. The fourth-order valence-corrected chi connectivity index (χ4v) is 2.43. The molecule has 1 aliphatic heterocycles. The molecule has 4 heteroatoms. The standard InChI is InChI=1S/C13H27N3O/c1-10(2)12(14)13(17)16-7-5-6-11(9-16)8-15(3)4/h10-12H,5-9,14H2,1-4H3/t11-,12-/m0/s1. The average molecular weight is 241 g/mol. The summed E-state index contributed by atoms with van der Waals surface area (Å²) < 4.78 is 0. The third-order valence-corrected chi connectivity index (χ3v) is 3.46. The molecule has 0 aromatic rings. The van der Waals surface area contributed by atoms with Crippen molar-refractivity contribution in [2.75, 3.05) is 33.7 Å². The summed E-state index contributed by atoms with van der Waals surface area (Å²) in [4.78, 5) is 16.3. The molecular weight excluding hydrogens is 214 g/mol. The van der Waals surface area contributed by atoms with Crippen LogP contribution in [0.25, 0.3) is 0 Å². The van der Waals surface area contributed by atoms with E-state index in [-0.39, 0.29) is 17.9 Å². The summed E-state index contributed by atoms with van der Waals surface area (Å²) >= 11 is 0. The van der Waals surface area contributed by atoms with Crippen molar-refractivity contribution in [3.05, 3.63) is 0 Å². The number of likely N-dealkylation sites (tertiary alicyclic amines) is 1. The molecule has 4 nitrogen and oxygen atoms in total. The molecule has 0 saturated carbocycles.